The largest absolute Gasteiger partial charge is 0.508 e. The molecule has 3 aromatic rings. The lowest BCUT2D eigenvalue weighted by atomic mass is 9.82. The van der Waals surface area contributed by atoms with Crippen molar-refractivity contribution < 1.29 is 15.0 Å². The SMILES string of the molecule is O=C(NCCl)c1ccccc1C(c1ccc(O)cc1)c1ccc(O)cc1. The number of aromatic hydroxyl groups is 2. The first-order valence-corrected chi connectivity index (χ1v) is 8.64. The molecule has 1 amide bonds. The van der Waals surface area contributed by atoms with Crippen molar-refractivity contribution in [1.82, 2.24) is 5.32 Å². The predicted octanol–water partition coefficient (Wildman–Crippen LogP) is 4.20. The highest BCUT2D eigenvalue weighted by Crippen LogP contribution is 2.35. The molecule has 0 aromatic heterocycles. The van der Waals surface area contributed by atoms with E-state index in [1.165, 1.54) is 0 Å². The maximum atomic E-state index is 12.5. The number of hydrogen-bond acceptors (Lipinski definition) is 3. The molecule has 0 radical (unpaired) electrons. The van der Waals surface area contributed by atoms with E-state index in [1.807, 2.05) is 36.4 Å². The van der Waals surface area contributed by atoms with Gasteiger partial charge in [-0.2, -0.15) is 0 Å². The Morgan fingerprint density at radius 2 is 1.35 bits per heavy atom. The fourth-order valence-electron chi connectivity index (χ4n) is 3.00. The molecule has 0 bridgehead atoms. The number of phenolic OH excluding ortho intramolecular Hbond substituents is 2. The summed E-state index contributed by atoms with van der Waals surface area (Å²) in [5.41, 5.74) is 3.17. The number of carbonyl (C=O) groups excluding carboxylic acids is 1. The topological polar surface area (TPSA) is 69.6 Å². The number of hydrogen-bond donors (Lipinski definition) is 3. The molecule has 3 rings (SSSR count). The van der Waals surface area contributed by atoms with Gasteiger partial charge in [0.25, 0.3) is 5.91 Å². The van der Waals surface area contributed by atoms with Gasteiger partial charge < -0.3 is 15.5 Å². The normalized spacial score (nSPS) is 10.7. The number of amides is 1. The summed E-state index contributed by atoms with van der Waals surface area (Å²) in [5.74, 6) is -0.149. The summed E-state index contributed by atoms with van der Waals surface area (Å²) >= 11 is 5.66. The molecule has 26 heavy (non-hydrogen) atoms. The first-order chi connectivity index (χ1) is 12.6. The molecule has 0 saturated carbocycles. The smallest absolute Gasteiger partial charge is 0.252 e. The monoisotopic (exact) mass is 367 g/mol. The maximum Gasteiger partial charge on any atom is 0.252 e. The summed E-state index contributed by atoms with van der Waals surface area (Å²) < 4.78 is 0. The molecule has 0 unspecified atom stereocenters. The van der Waals surface area contributed by atoms with Gasteiger partial charge in [-0.1, -0.05) is 42.5 Å². The summed E-state index contributed by atoms with van der Waals surface area (Å²) in [6.45, 7) is 0. The van der Waals surface area contributed by atoms with Crippen molar-refractivity contribution >= 4 is 17.5 Å². The van der Waals surface area contributed by atoms with Crippen LogP contribution in [0.15, 0.2) is 72.8 Å². The second-order valence-electron chi connectivity index (χ2n) is 5.84. The molecule has 5 heteroatoms. The number of nitrogens with one attached hydrogen (secondary N) is 1. The van der Waals surface area contributed by atoms with Crippen molar-refractivity contribution in [3.63, 3.8) is 0 Å². The summed E-state index contributed by atoms with van der Waals surface area (Å²) in [7, 11) is 0. The summed E-state index contributed by atoms with van der Waals surface area (Å²) in [5, 5.41) is 21.9. The Morgan fingerprint density at radius 3 is 1.85 bits per heavy atom. The van der Waals surface area contributed by atoms with Crippen molar-refractivity contribution in [3.8, 4) is 11.5 Å². The third-order valence-electron chi connectivity index (χ3n) is 4.20. The Kier molecular flexibility index (Phi) is 5.44. The first kappa shape index (κ1) is 17.8. The van der Waals surface area contributed by atoms with E-state index in [0.717, 1.165) is 16.7 Å². The van der Waals surface area contributed by atoms with E-state index < -0.39 is 0 Å². The van der Waals surface area contributed by atoms with Crippen molar-refractivity contribution in [2.75, 3.05) is 6.00 Å². The van der Waals surface area contributed by atoms with E-state index in [1.54, 1.807) is 36.4 Å². The maximum absolute atomic E-state index is 12.5. The zero-order chi connectivity index (χ0) is 18.5. The van der Waals surface area contributed by atoms with Crippen LogP contribution in [-0.2, 0) is 0 Å². The fraction of sp³-hybridized carbons (Fsp3) is 0.0952. The highest BCUT2D eigenvalue weighted by Gasteiger charge is 2.22. The van der Waals surface area contributed by atoms with E-state index in [-0.39, 0.29) is 29.3 Å². The Balaban J connectivity index is 2.17. The lowest BCUT2D eigenvalue weighted by Gasteiger charge is -2.21. The zero-order valence-corrected chi connectivity index (χ0v) is 14.6. The van der Waals surface area contributed by atoms with Crippen LogP contribution in [0, 0.1) is 0 Å². The van der Waals surface area contributed by atoms with Gasteiger partial charge in [0.05, 0.1) is 6.00 Å². The molecule has 3 N–H and O–H groups in total. The van der Waals surface area contributed by atoms with E-state index in [9.17, 15) is 15.0 Å². The minimum absolute atomic E-state index is 0.0241. The number of phenols is 2. The molecule has 0 aliphatic rings. The molecule has 0 fully saturated rings. The number of halogens is 1. The van der Waals surface area contributed by atoms with E-state index in [0.29, 0.717) is 5.56 Å². The van der Waals surface area contributed by atoms with Gasteiger partial charge in [-0.15, -0.1) is 11.6 Å². The van der Waals surface area contributed by atoms with Gasteiger partial charge in [-0.3, -0.25) is 4.79 Å². The van der Waals surface area contributed by atoms with Gasteiger partial charge in [-0.25, -0.2) is 0 Å². The number of carbonyl (C=O) groups is 1. The van der Waals surface area contributed by atoms with Gasteiger partial charge in [0, 0.05) is 11.5 Å². The molecule has 0 spiro atoms. The second-order valence-corrected chi connectivity index (χ2v) is 6.11. The molecule has 0 aliphatic heterocycles. The number of rotatable bonds is 5. The van der Waals surface area contributed by atoms with Gasteiger partial charge in [0.2, 0.25) is 0 Å². The second kappa shape index (κ2) is 7.93. The van der Waals surface area contributed by atoms with Crippen LogP contribution in [0.1, 0.15) is 33.0 Å². The summed E-state index contributed by atoms with van der Waals surface area (Å²) in [6, 6.07) is 21.1. The minimum Gasteiger partial charge on any atom is -0.508 e. The van der Waals surface area contributed by atoms with E-state index >= 15 is 0 Å². The third kappa shape index (κ3) is 3.81. The molecule has 0 atom stereocenters. The summed E-state index contributed by atoms with van der Waals surface area (Å²) in [4.78, 5) is 12.5. The van der Waals surface area contributed by atoms with Gasteiger partial charge in [-0.05, 0) is 47.0 Å². The molecule has 4 nitrogen and oxygen atoms in total. The van der Waals surface area contributed by atoms with E-state index in [4.69, 9.17) is 11.6 Å². The molecule has 3 aromatic carbocycles. The fourth-order valence-corrected chi connectivity index (χ4v) is 3.12. The Morgan fingerprint density at radius 1 is 0.846 bits per heavy atom. The first-order valence-electron chi connectivity index (χ1n) is 8.11. The Labute approximate surface area is 156 Å². The average Bonchev–Trinajstić information content (AvgIpc) is 2.66. The summed E-state index contributed by atoms with van der Waals surface area (Å²) in [6.07, 6.45) is 0. The van der Waals surface area contributed by atoms with Crippen LogP contribution in [0.5, 0.6) is 11.5 Å². The lowest BCUT2D eigenvalue weighted by Crippen LogP contribution is -2.24. The van der Waals surface area contributed by atoms with Gasteiger partial charge >= 0.3 is 0 Å². The lowest BCUT2D eigenvalue weighted by molar-refractivity contribution is 0.0959. The minimum atomic E-state index is -0.252. The molecular formula is C21H18ClNO3. The van der Waals surface area contributed by atoms with Crippen molar-refractivity contribution in [3.05, 3.63) is 95.1 Å². The van der Waals surface area contributed by atoms with Gasteiger partial charge in [0.15, 0.2) is 0 Å². The predicted molar refractivity (Wildman–Crippen MR) is 102 cm³/mol. The van der Waals surface area contributed by atoms with Crippen molar-refractivity contribution in [2.24, 2.45) is 0 Å². The highest BCUT2D eigenvalue weighted by molar-refractivity contribution is 6.19. The molecule has 0 saturated heterocycles. The Hall–Kier alpha value is -2.98. The molecule has 0 heterocycles. The number of alkyl halides is 1. The number of benzene rings is 3. The molecule has 0 aliphatic carbocycles. The average molecular weight is 368 g/mol. The van der Waals surface area contributed by atoms with Crippen LogP contribution in [0.2, 0.25) is 0 Å². The van der Waals surface area contributed by atoms with Crippen molar-refractivity contribution in [1.29, 1.82) is 0 Å². The van der Waals surface area contributed by atoms with Crippen LogP contribution < -0.4 is 5.32 Å². The van der Waals surface area contributed by atoms with Gasteiger partial charge in [0.1, 0.15) is 11.5 Å². The standard InChI is InChI=1S/C21H18ClNO3/c22-13-23-21(26)19-4-2-1-3-18(19)20(14-5-9-16(24)10-6-14)15-7-11-17(25)12-8-15/h1-12,20,24-25H,13H2,(H,23,26). The van der Waals surface area contributed by atoms with Crippen LogP contribution in [0.3, 0.4) is 0 Å². The quantitative estimate of drug-likeness (QED) is 0.359. The van der Waals surface area contributed by atoms with Crippen LogP contribution in [-0.4, -0.2) is 22.1 Å². The molecule has 132 valence electrons. The third-order valence-corrected chi connectivity index (χ3v) is 4.33. The van der Waals surface area contributed by atoms with E-state index in [2.05, 4.69) is 5.32 Å². The molecular weight excluding hydrogens is 350 g/mol. The highest BCUT2D eigenvalue weighted by atomic mass is 35.5. The van der Waals surface area contributed by atoms with Crippen molar-refractivity contribution in [2.45, 2.75) is 5.92 Å². The van der Waals surface area contributed by atoms with Crippen LogP contribution >= 0.6 is 11.6 Å². The Bertz CT molecular complexity index is 846. The zero-order valence-electron chi connectivity index (χ0n) is 13.9. The van der Waals surface area contributed by atoms with Crippen LogP contribution in [0.4, 0.5) is 0 Å². The van der Waals surface area contributed by atoms with Crippen LogP contribution in [0.25, 0.3) is 0 Å².